The third-order valence-corrected chi connectivity index (χ3v) is 2.76. The van der Waals surface area contributed by atoms with Crippen molar-refractivity contribution in [1.82, 2.24) is 9.88 Å². The first-order valence-electron chi connectivity index (χ1n) is 4.62. The Morgan fingerprint density at radius 2 is 2.07 bits per heavy atom. The fourth-order valence-corrected chi connectivity index (χ4v) is 1.92. The second kappa shape index (κ2) is 5.79. The molecule has 1 rings (SSSR count). The normalized spacial score (nSPS) is 10.3. The van der Waals surface area contributed by atoms with Gasteiger partial charge in [0.15, 0.2) is 0 Å². The molecule has 0 spiro atoms. The van der Waals surface area contributed by atoms with Crippen LogP contribution >= 0.6 is 11.3 Å². The van der Waals surface area contributed by atoms with Crippen LogP contribution in [0.4, 0.5) is 0 Å². The number of hydrogen-bond donors (Lipinski definition) is 2. The minimum atomic E-state index is -0.191. The number of carbonyl (C=O) groups is 1. The van der Waals surface area contributed by atoms with Crippen LogP contribution in [0.5, 0.6) is 0 Å². The van der Waals surface area contributed by atoms with Crippen molar-refractivity contribution in [3.05, 3.63) is 16.1 Å². The lowest BCUT2D eigenvalue weighted by atomic mass is 10.4. The number of aliphatic hydroxyl groups is 2. The maximum atomic E-state index is 11.8. The summed E-state index contributed by atoms with van der Waals surface area (Å²) in [6.07, 6.45) is 1.52. The number of aromatic nitrogens is 1. The molecule has 0 bridgehead atoms. The van der Waals surface area contributed by atoms with Gasteiger partial charge in [0.25, 0.3) is 5.91 Å². The predicted molar refractivity (Wildman–Crippen MR) is 56.9 cm³/mol. The minimum absolute atomic E-state index is 0.108. The lowest BCUT2D eigenvalue weighted by molar-refractivity contribution is 0.0689. The third-order valence-electron chi connectivity index (χ3n) is 1.86. The molecule has 0 fully saturated rings. The van der Waals surface area contributed by atoms with Crippen LogP contribution in [0.3, 0.4) is 0 Å². The molecule has 0 unspecified atom stereocenters. The summed E-state index contributed by atoms with van der Waals surface area (Å²) in [5.74, 6) is -0.191. The number of carbonyl (C=O) groups excluding carboxylic acids is 1. The number of thiazole rings is 1. The molecule has 6 heteroatoms. The fraction of sp³-hybridized carbons (Fsp3) is 0.556. The Balaban J connectivity index is 2.71. The maximum Gasteiger partial charge on any atom is 0.265 e. The van der Waals surface area contributed by atoms with E-state index in [0.717, 1.165) is 5.01 Å². The molecule has 1 heterocycles. The Labute approximate surface area is 92.0 Å². The summed E-state index contributed by atoms with van der Waals surface area (Å²) < 4.78 is 0. The van der Waals surface area contributed by atoms with E-state index < -0.39 is 0 Å². The molecular weight excluding hydrogens is 216 g/mol. The highest BCUT2D eigenvalue weighted by Crippen LogP contribution is 2.13. The van der Waals surface area contributed by atoms with Crippen LogP contribution < -0.4 is 0 Å². The highest BCUT2D eigenvalue weighted by atomic mass is 32.1. The predicted octanol–water partition coefficient (Wildman–Crippen LogP) is -0.122. The van der Waals surface area contributed by atoms with Crippen LogP contribution in [0.2, 0.25) is 0 Å². The molecule has 0 aliphatic rings. The molecular formula is C9H14N2O3S. The van der Waals surface area contributed by atoms with Crippen LogP contribution in [0.25, 0.3) is 0 Å². The van der Waals surface area contributed by atoms with E-state index in [0.29, 0.717) is 4.88 Å². The van der Waals surface area contributed by atoms with Gasteiger partial charge in [0.2, 0.25) is 0 Å². The average molecular weight is 230 g/mol. The van der Waals surface area contributed by atoms with E-state index in [1.807, 2.05) is 6.92 Å². The molecule has 84 valence electrons. The highest BCUT2D eigenvalue weighted by molar-refractivity contribution is 7.13. The topological polar surface area (TPSA) is 73.7 Å². The third kappa shape index (κ3) is 3.26. The van der Waals surface area contributed by atoms with Crippen molar-refractivity contribution in [1.29, 1.82) is 0 Å². The van der Waals surface area contributed by atoms with Gasteiger partial charge in [-0.15, -0.1) is 11.3 Å². The number of hydrogen-bond acceptors (Lipinski definition) is 5. The van der Waals surface area contributed by atoms with Crippen LogP contribution in [0.1, 0.15) is 14.7 Å². The Morgan fingerprint density at radius 1 is 1.47 bits per heavy atom. The van der Waals surface area contributed by atoms with E-state index in [1.54, 1.807) is 0 Å². The van der Waals surface area contributed by atoms with E-state index in [1.165, 1.54) is 22.4 Å². The lowest BCUT2D eigenvalue weighted by Gasteiger charge is -2.19. The van der Waals surface area contributed by atoms with Crippen molar-refractivity contribution >= 4 is 17.2 Å². The van der Waals surface area contributed by atoms with Crippen molar-refractivity contribution in [2.45, 2.75) is 6.92 Å². The van der Waals surface area contributed by atoms with E-state index >= 15 is 0 Å². The van der Waals surface area contributed by atoms with Crippen molar-refractivity contribution in [3.8, 4) is 0 Å². The second-order valence-electron chi connectivity index (χ2n) is 2.98. The van der Waals surface area contributed by atoms with Crippen LogP contribution in [0, 0.1) is 6.92 Å². The SMILES string of the molecule is Cc1ncc(C(=O)N(CCO)CCO)s1. The van der Waals surface area contributed by atoms with Crippen LogP contribution in [0.15, 0.2) is 6.20 Å². The van der Waals surface area contributed by atoms with E-state index in [2.05, 4.69) is 4.98 Å². The van der Waals surface area contributed by atoms with Crippen LogP contribution in [-0.2, 0) is 0 Å². The van der Waals surface area contributed by atoms with Gasteiger partial charge >= 0.3 is 0 Å². The summed E-state index contributed by atoms with van der Waals surface area (Å²) in [5, 5.41) is 18.4. The van der Waals surface area contributed by atoms with E-state index in [9.17, 15) is 4.79 Å². The Hall–Kier alpha value is -0.980. The molecule has 1 amide bonds. The van der Waals surface area contributed by atoms with Crippen molar-refractivity contribution in [2.75, 3.05) is 26.3 Å². The van der Waals surface area contributed by atoms with Gasteiger partial charge in [-0.2, -0.15) is 0 Å². The van der Waals surface area contributed by atoms with Crippen LogP contribution in [-0.4, -0.2) is 52.3 Å². The fourth-order valence-electron chi connectivity index (χ4n) is 1.17. The van der Waals surface area contributed by atoms with Crippen molar-refractivity contribution in [3.63, 3.8) is 0 Å². The lowest BCUT2D eigenvalue weighted by Crippen LogP contribution is -2.35. The molecule has 0 saturated carbocycles. The average Bonchev–Trinajstić information content (AvgIpc) is 2.63. The quantitative estimate of drug-likeness (QED) is 0.739. The monoisotopic (exact) mass is 230 g/mol. The molecule has 0 aliphatic heterocycles. The summed E-state index contributed by atoms with van der Waals surface area (Å²) in [5.41, 5.74) is 0. The van der Waals surface area contributed by atoms with E-state index in [-0.39, 0.29) is 32.2 Å². The zero-order valence-corrected chi connectivity index (χ0v) is 9.33. The summed E-state index contributed by atoms with van der Waals surface area (Å²) in [7, 11) is 0. The molecule has 0 aliphatic carbocycles. The number of rotatable bonds is 5. The maximum absolute atomic E-state index is 11.8. The molecule has 2 N–H and O–H groups in total. The number of nitrogens with zero attached hydrogens (tertiary/aromatic N) is 2. The summed E-state index contributed by atoms with van der Waals surface area (Å²) in [6.45, 7) is 2.07. The highest BCUT2D eigenvalue weighted by Gasteiger charge is 2.16. The van der Waals surface area contributed by atoms with Gasteiger partial charge in [-0.1, -0.05) is 0 Å². The smallest absolute Gasteiger partial charge is 0.265 e. The minimum Gasteiger partial charge on any atom is -0.395 e. The number of amides is 1. The first-order valence-corrected chi connectivity index (χ1v) is 5.44. The molecule has 1 aromatic rings. The molecule has 15 heavy (non-hydrogen) atoms. The Morgan fingerprint density at radius 3 is 2.47 bits per heavy atom. The molecule has 0 atom stereocenters. The number of aliphatic hydroxyl groups excluding tert-OH is 2. The molecule has 0 saturated heterocycles. The van der Waals surface area contributed by atoms with Gasteiger partial charge in [0, 0.05) is 13.1 Å². The summed E-state index contributed by atoms with van der Waals surface area (Å²) in [6, 6.07) is 0. The van der Waals surface area contributed by atoms with Gasteiger partial charge in [0.05, 0.1) is 24.4 Å². The van der Waals surface area contributed by atoms with Crippen molar-refractivity contribution in [2.24, 2.45) is 0 Å². The molecule has 0 radical (unpaired) electrons. The van der Waals surface area contributed by atoms with Gasteiger partial charge in [-0.25, -0.2) is 4.98 Å². The Kier molecular flexibility index (Phi) is 4.67. The summed E-state index contributed by atoms with van der Waals surface area (Å²) >= 11 is 1.31. The van der Waals surface area contributed by atoms with Gasteiger partial charge in [-0.3, -0.25) is 4.79 Å². The molecule has 5 nitrogen and oxygen atoms in total. The molecule has 0 aromatic carbocycles. The second-order valence-corrected chi connectivity index (χ2v) is 4.22. The summed E-state index contributed by atoms with van der Waals surface area (Å²) in [4.78, 5) is 17.7. The number of aryl methyl sites for hydroxylation is 1. The largest absolute Gasteiger partial charge is 0.395 e. The van der Waals surface area contributed by atoms with E-state index in [4.69, 9.17) is 10.2 Å². The zero-order chi connectivity index (χ0) is 11.3. The molecule has 1 aromatic heterocycles. The van der Waals surface area contributed by atoms with Gasteiger partial charge in [0.1, 0.15) is 4.88 Å². The van der Waals surface area contributed by atoms with Gasteiger partial charge in [-0.05, 0) is 6.92 Å². The van der Waals surface area contributed by atoms with Gasteiger partial charge < -0.3 is 15.1 Å². The standard InChI is InChI=1S/C9H14N2O3S/c1-7-10-6-8(15-7)9(14)11(2-4-12)3-5-13/h6,12-13H,2-5H2,1H3. The first-order chi connectivity index (χ1) is 7.19. The first kappa shape index (κ1) is 12.1. The Bertz CT molecular complexity index is 321. The zero-order valence-electron chi connectivity index (χ0n) is 8.51. The van der Waals surface area contributed by atoms with Crippen molar-refractivity contribution < 1.29 is 15.0 Å².